The molecule has 0 radical (unpaired) electrons. The first-order chi connectivity index (χ1) is 11.8. The minimum absolute atomic E-state index is 0.167. The quantitative estimate of drug-likeness (QED) is 0.278. The molecule has 0 bridgehead atoms. The molecule has 0 aromatic rings. The van der Waals surface area contributed by atoms with Crippen LogP contribution in [0.2, 0.25) is 0 Å². The van der Waals surface area contributed by atoms with E-state index >= 15 is 0 Å². The topological polar surface area (TPSA) is 72.5 Å². The molecule has 0 aromatic carbocycles. The number of carbonyl (C=O) groups excluding carboxylic acids is 1. The van der Waals surface area contributed by atoms with Gasteiger partial charge in [-0.15, -0.1) is 0 Å². The molecule has 7 heteroatoms. The zero-order valence-corrected chi connectivity index (χ0v) is 15.3. The van der Waals surface area contributed by atoms with Gasteiger partial charge in [-0.05, 0) is 12.8 Å². The summed E-state index contributed by atoms with van der Waals surface area (Å²) in [7, 11) is 0. The summed E-state index contributed by atoms with van der Waals surface area (Å²) in [6, 6.07) is 0. The predicted octanol–water partition coefficient (Wildman–Crippen LogP) is 2.81. The molecule has 0 aliphatic heterocycles. The van der Waals surface area contributed by atoms with Crippen molar-refractivity contribution in [3.05, 3.63) is 0 Å². The lowest BCUT2D eigenvalue weighted by Crippen LogP contribution is -2.16. The molecule has 0 saturated heterocycles. The van der Waals surface area contributed by atoms with Crippen molar-refractivity contribution < 1.29 is 33.2 Å². The number of ether oxygens (including phenoxy) is 6. The molecule has 0 saturated carbocycles. The minimum atomic E-state index is -0.708. The van der Waals surface area contributed by atoms with Crippen LogP contribution < -0.4 is 0 Å². The van der Waals surface area contributed by atoms with Gasteiger partial charge >= 0.3 is 6.16 Å². The molecule has 0 unspecified atom stereocenters. The second-order valence-corrected chi connectivity index (χ2v) is 5.10. The van der Waals surface area contributed by atoms with E-state index in [2.05, 4.69) is 13.8 Å². The number of rotatable bonds is 18. The number of unbranched alkanes of at least 4 members (excludes halogenated alkanes) is 2. The molecule has 0 atom stereocenters. The first kappa shape index (κ1) is 23.1. The summed E-state index contributed by atoms with van der Waals surface area (Å²) in [6.45, 7) is 8.86. The van der Waals surface area contributed by atoms with Gasteiger partial charge in [-0.3, -0.25) is 0 Å². The average Bonchev–Trinajstić information content (AvgIpc) is 2.59. The van der Waals surface area contributed by atoms with Crippen LogP contribution in [0, 0.1) is 0 Å². The van der Waals surface area contributed by atoms with Crippen LogP contribution in [0.3, 0.4) is 0 Å². The highest BCUT2D eigenvalue weighted by Crippen LogP contribution is 1.90. The second-order valence-electron chi connectivity index (χ2n) is 5.10. The smallest absolute Gasteiger partial charge is 0.432 e. The van der Waals surface area contributed by atoms with Crippen LogP contribution in [-0.2, 0) is 28.4 Å². The van der Waals surface area contributed by atoms with Gasteiger partial charge in [-0.2, -0.15) is 0 Å². The van der Waals surface area contributed by atoms with Gasteiger partial charge in [0.2, 0.25) is 0 Å². The molecule has 0 fully saturated rings. The van der Waals surface area contributed by atoms with E-state index in [0.29, 0.717) is 39.6 Å². The van der Waals surface area contributed by atoms with Crippen LogP contribution in [0.15, 0.2) is 0 Å². The Balaban J connectivity index is 3.13. The van der Waals surface area contributed by atoms with Crippen molar-refractivity contribution >= 4 is 6.16 Å². The molecular weight excluding hydrogens is 316 g/mol. The van der Waals surface area contributed by atoms with Gasteiger partial charge in [-0.1, -0.05) is 26.7 Å². The molecule has 0 N–H and O–H groups in total. The van der Waals surface area contributed by atoms with Crippen LogP contribution in [-0.4, -0.2) is 72.2 Å². The second kappa shape index (κ2) is 20.2. The Morgan fingerprint density at radius 3 is 1.25 bits per heavy atom. The van der Waals surface area contributed by atoms with Gasteiger partial charge in [0.05, 0.1) is 39.6 Å². The number of carbonyl (C=O) groups is 1. The monoisotopic (exact) mass is 350 g/mol. The third-order valence-corrected chi connectivity index (χ3v) is 2.92. The van der Waals surface area contributed by atoms with Crippen LogP contribution in [0.1, 0.15) is 39.5 Å². The maximum atomic E-state index is 11.3. The summed E-state index contributed by atoms with van der Waals surface area (Å²) < 4.78 is 30.9. The highest BCUT2D eigenvalue weighted by atomic mass is 16.7. The highest BCUT2D eigenvalue weighted by Gasteiger charge is 2.03. The minimum Gasteiger partial charge on any atom is -0.432 e. The van der Waals surface area contributed by atoms with Gasteiger partial charge in [0.15, 0.2) is 0 Å². The fourth-order valence-electron chi connectivity index (χ4n) is 1.55. The molecule has 0 spiro atoms. The molecule has 24 heavy (non-hydrogen) atoms. The van der Waals surface area contributed by atoms with Gasteiger partial charge in [0.1, 0.15) is 13.2 Å². The van der Waals surface area contributed by atoms with Crippen molar-refractivity contribution in [1.29, 1.82) is 0 Å². The van der Waals surface area contributed by atoms with E-state index in [1.165, 1.54) is 0 Å². The van der Waals surface area contributed by atoms with E-state index in [-0.39, 0.29) is 13.2 Å². The normalized spacial score (nSPS) is 10.8. The van der Waals surface area contributed by atoms with Crippen LogP contribution in [0.4, 0.5) is 4.79 Å². The van der Waals surface area contributed by atoms with Crippen molar-refractivity contribution in [2.75, 3.05) is 66.1 Å². The zero-order valence-electron chi connectivity index (χ0n) is 15.3. The summed E-state index contributed by atoms with van der Waals surface area (Å²) in [5, 5.41) is 0. The summed E-state index contributed by atoms with van der Waals surface area (Å²) in [4.78, 5) is 11.3. The standard InChI is InChI=1S/C17H34O7/c1-3-5-7-19-9-11-21-13-15-23-17(18)24-16-14-22-12-10-20-8-6-4-2/h3-16H2,1-2H3. The van der Waals surface area contributed by atoms with E-state index in [1.807, 2.05) is 0 Å². The summed E-state index contributed by atoms with van der Waals surface area (Å²) in [5.41, 5.74) is 0. The Morgan fingerprint density at radius 1 is 0.542 bits per heavy atom. The maximum Gasteiger partial charge on any atom is 0.508 e. The van der Waals surface area contributed by atoms with Crippen molar-refractivity contribution in [1.82, 2.24) is 0 Å². The third-order valence-electron chi connectivity index (χ3n) is 2.92. The Kier molecular flexibility index (Phi) is 19.4. The maximum absolute atomic E-state index is 11.3. The Morgan fingerprint density at radius 2 is 0.875 bits per heavy atom. The van der Waals surface area contributed by atoms with Crippen molar-refractivity contribution in [2.24, 2.45) is 0 Å². The predicted molar refractivity (Wildman–Crippen MR) is 90.4 cm³/mol. The largest absolute Gasteiger partial charge is 0.508 e. The van der Waals surface area contributed by atoms with Crippen LogP contribution >= 0.6 is 0 Å². The van der Waals surface area contributed by atoms with Crippen molar-refractivity contribution in [3.8, 4) is 0 Å². The lowest BCUT2D eigenvalue weighted by atomic mass is 10.4. The lowest BCUT2D eigenvalue weighted by molar-refractivity contribution is -0.00620. The van der Waals surface area contributed by atoms with E-state index in [1.54, 1.807) is 0 Å². The average molecular weight is 350 g/mol. The SMILES string of the molecule is CCCCOCCOCCOC(=O)OCCOCCOCCCC. The lowest BCUT2D eigenvalue weighted by Gasteiger charge is -2.08. The van der Waals surface area contributed by atoms with E-state index < -0.39 is 6.16 Å². The van der Waals surface area contributed by atoms with Crippen LogP contribution in [0.5, 0.6) is 0 Å². The van der Waals surface area contributed by atoms with E-state index in [9.17, 15) is 4.79 Å². The van der Waals surface area contributed by atoms with Gasteiger partial charge < -0.3 is 28.4 Å². The number of hydrogen-bond acceptors (Lipinski definition) is 7. The molecule has 0 heterocycles. The summed E-state index contributed by atoms with van der Waals surface area (Å²) in [5.74, 6) is 0. The number of hydrogen-bond donors (Lipinski definition) is 0. The van der Waals surface area contributed by atoms with Gasteiger partial charge in [0, 0.05) is 13.2 Å². The Hall–Kier alpha value is -0.890. The Bertz CT molecular complexity index is 237. The fraction of sp³-hybridized carbons (Fsp3) is 0.941. The third kappa shape index (κ3) is 19.2. The molecule has 144 valence electrons. The van der Waals surface area contributed by atoms with Crippen molar-refractivity contribution in [3.63, 3.8) is 0 Å². The molecule has 0 aliphatic carbocycles. The van der Waals surface area contributed by atoms with Crippen molar-refractivity contribution in [2.45, 2.75) is 39.5 Å². The van der Waals surface area contributed by atoms with E-state index in [4.69, 9.17) is 28.4 Å². The van der Waals surface area contributed by atoms with Crippen LogP contribution in [0.25, 0.3) is 0 Å². The first-order valence-electron chi connectivity index (χ1n) is 8.91. The molecule has 0 amide bonds. The van der Waals surface area contributed by atoms with Gasteiger partial charge in [0.25, 0.3) is 0 Å². The molecule has 7 nitrogen and oxygen atoms in total. The molecule has 0 aliphatic rings. The Labute approximate surface area is 145 Å². The highest BCUT2D eigenvalue weighted by molar-refractivity contribution is 5.59. The molecule has 0 aromatic heterocycles. The summed E-state index contributed by atoms with van der Waals surface area (Å²) in [6.07, 6.45) is 3.65. The fourth-order valence-corrected chi connectivity index (χ4v) is 1.55. The summed E-state index contributed by atoms with van der Waals surface area (Å²) >= 11 is 0. The molecule has 0 rings (SSSR count). The molecular formula is C17H34O7. The van der Waals surface area contributed by atoms with Gasteiger partial charge in [-0.25, -0.2) is 4.79 Å². The zero-order chi connectivity index (χ0) is 17.7. The van der Waals surface area contributed by atoms with E-state index in [0.717, 1.165) is 38.9 Å². The first-order valence-corrected chi connectivity index (χ1v) is 8.91.